The Balaban J connectivity index is 1.97. The first-order valence-electron chi connectivity index (χ1n) is 6.21. The number of carbonyl (C=O) groups excluding carboxylic acids is 1. The average molecular weight is 343 g/mol. The Morgan fingerprint density at radius 1 is 1.24 bits per heavy atom. The molecule has 21 heavy (non-hydrogen) atoms. The standard InChI is InChI=1S/C15H11BrN4O/c16-10-8-18-6-5-13(10)20-15(21)14-7-11(17)9-3-1-2-4-12(9)19-14/h1-8H,(H2,17,19)(H,18,20,21). The highest BCUT2D eigenvalue weighted by Gasteiger charge is 2.12. The van der Waals surface area contributed by atoms with Gasteiger partial charge >= 0.3 is 0 Å². The van der Waals surface area contributed by atoms with Crippen LogP contribution in [0, 0.1) is 0 Å². The molecule has 6 heteroatoms. The van der Waals surface area contributed by atoms with Gasteiger partial charge in [0.1, 0.15) is 5.69 Å². The fraction of sp³-hybridized carbons (Fsp3) is 0. The third-order valence-electron chi connectivity index (χ3n) is 3.00. The Bertz CT molecular complexity index is 835. The molecule has 0 unspecified atom stereocenters. The second-order valence-electron chi connectivity index (χ2n) is 4.42. The first-order valence-corrected chi connectivity index (χ1v) is 7.00. The van der Waals surface area contributed by atoms with Gasteiger partial charge in [0.05, 0.1) is 15.7 Å². The molecule has 0 spiro atoms. The zero-order valence-electron chi connectivity index (χ0n) is 10.9. The van der Waals surface area contributed by atoms with Crippen LogP contribution in [0.4, 0.5) is 11.4 Å². The van der Waals surface area contributed by atoms with Gasteiger partial charge < -0.3 is 11.1 Å². The van der Waals surface area contributed by atoms with Gasteiger partial charge in [-0.25, -0.2) is 4.98 Å². The fourth-order valence-electron chi connectivity index (χ4n) is 1.98. The number of benzene rings is 1. The van der Waals surface area contributed by atoms with E-state index in [4.69, 9.17) is 5.73 Å². The van der Waals surface area contributed by atoms with Crippen LogP contribution in [0.3, 0.4) is 0 Å². The van der Waals surface area contributed by atoms with Crippen molar-refractivity contribution >= 4 is 44.1 Å². The van der Waals surface area contributed by atoms with Gasteiger partial charge in [0.25, 0.3) is 5.91 Å². The van der Waals surface area contributed by atoms with Crippen LogP contribution < -0.4 is 11.1 Å². The normalized spacial score (nSPS) is 10.5. The van der Waals surface area contributed by atoms with Crippen molar-refractivity contribution < 1.29 is 4.79 Å². The molecule has 2 heterocycles. The molecule has 5 nitrogen and oxygen atoms in total. The predicted molar refractivity (Wildman–Crippen MR) is 86.0 cm³/mol. The molecule has 3 aromatic rings. The van der Waals surface area contributed by atoms with Gasteiger partial charge in [-0.05, 0) is 34.1 Å². The number of anilines is 2. The van der Waals surface area contributed by atoms with Gasteiger partial charge in [0.15, 0.2) is 0 Å². The number of nitrogens with two attached hydrogens (primary N) is 1. The molecule has 0 saturated carbocycles. The Morgan fingerprint density at radius 2 is 2.05 bits per heavy atom. The fourth-order valence-corrected chi connectivity index (χ4v) is 2.33. The number of pyridine rings is 2. The highest BCUT2D eigenvalue weighted by molar-refractivity contribution is 9.10. The lowest BCUT2D eigenvalue weighted by Gasteiger charge is -2.08. The summed E-state index contributed by atoms with van der Waals surface area (Å²) in [6.45, 7) is 0. The minimum atomic E-state index is -0.320. The second-order valence-corrected chi connectivity index (χ2v) is 5.28. The van der Waals surface area contributed by atoms with Crippen LogP contribution in [0.1, 0.15) is 10.5 Å². The van der Waals surface area contributed by atoms with Gasteiger partial charge in [0.2, 0.25) is 0 Å². The maximum Gasteiger partial charge on any atom is 0.274 e. The monoisotopic (exact) mass is 342 g/mol. The summed E-state index contributed by atoms with van der Waals surface area (Å²) >= 11 is 3.33. The number of hydrogen-bond acceptors (Lipinski definition) is 4. The summed E-state index contributed by atoms with van der Waals surface area (Å²) in [7, 11) is 0. The Morgan fingerprint density at radius 3 is 2.86 bits per heavy atom. The summed E-state index contributed by atoms with van der Waals surface area (Å²) in [5.41, 5.74) is 8.10. The topological polar surface area (TPSA) is 80.9 Å². The van der Waals surface area contributed by atoms with Crippen molar-refractivity contribution in [2.75, 3.05) is 11.1 Å². The van der Waals surface area contributed by atoms with Crippen LogP contribution >= 0.6 is 15.9 Å². The van der Waals surface area contributed by atoms with Crippen molar-refractivity contribution in [2.24, 2.45) is 0 Å². The van der Waals surface area contributed by atoms with Crippen LogP contribution in [0.25, 0.3) is 10.9 Å². The third kappa shape index (κ3) is 2.71. The average Bonchev–Trinajstić information content (AvgIpc) is 2.49. The Kier molecular flexibility index (Phi) is 3.53. The number of amides is 1. The molecule has 0 atom stereocenters. The molecule has 0 saturated heterocycles. The molecule has 0 aliphatic heterocycles. The number of para-hydroxylation sites is 1. The molecule has 0 radical (unpaired) electrons. The lowest BCUT2D eigenvalue weighted by atomic mass is 10.1. The molecule has 2 aromatic heterocycles. The van der Waals surface area contributed by atoms with Crippen molar-refractivity contribution in [3.05, 3.63) is 59.0 Å². The summed E-state index contributed by atoms with van der Waals surface area (Å²) in [5.74, 6) is -0.320. The predicted octanol–water partition coefficient (Wildman–Crippen LogP) is 3.23. The lowest BCUT2D eigenvalue weighted by Crippen LogP contribution is -2.14. The van der Waals surface area contributed by atoms with E-state index >= 15 is 0 Å². The van der Waals surface area contributed by atoms with Crippen LogP contribution in [0.15, 0.2) is 53.3 Å². The summed E-state index contributed by atoms with van der Waals surface area (Å²) in [4.78, 5) is 20.6. The molecule has 1 amide bonds. The minimum absolute atomic E-state index is 0.273. The molecule has 0 fully saturated rings. The molecule has 3 rings (SSSR count). The van der Waals surface area contributed by atoms with Crippen molar-refractivity contribution in [1.82, 2.24) is 9.97 Å². The summed E-state index contributed by atoms with van der Waals surface area (Å²) in [6.07, 6.45) is 3.21. The van der Waals surface area contributed by atoms with E-state index in [0.29, 0.717) is 21.4 Å². The summed E-state index contributed by atoms with van der Waals surface area (Å²) in [6, 6.07) is 10.7. The van der Waals surface area contributed by atoms with Gasteiger partial charge in [-0.1, -0.05) is 18.2 Å². The molecule has 0 bridgehead atoms. The Hall–Kier alpha value is -2.47. The number of halogens is 1. The quantitative estimate of drug-likeness (QED) is 0.749. The number of carbonyl (C=O) groups is 1. The summed E-state index contributed by atoms with van der Waals surface area (Å²) < 4.78 is 0.701. The number of hydrogen-bond donors (Lipinski definition) is 2. The van der Waals surface area contributed by atoms with Crippen molar-refractivity contribution in [2.45, 2.75) is 0 Å². The zero-order valence-corrected chi connectivity index (χ0v) is 12.5. The van der Waals surface area contributed by atoms with Crippen molar-refractivity contribution in [1.29, 1.82) is 0 Å². The van der Waals surface area contributed by atoms with E-state index in [1.54, 1.807) is 24.5 Å². The Labute approximate surface area is 129 Å². The van der Waals surface area contributed by atoms with Crippen LogP contribution in [-0.4, -0.2) is 15.9 Å². The van der Waals surface area contributed by atoms with Crippen LogP contribution in [0.2, 0.25) is 0 Å². The summed E-state index contributed by atoms with van der Waals surface area (Å²) in [5, 5.41) is 3.61. The molecular formula is C15H11BrN4O. The van der Waals surface area contributed by atoms with E-state index in [1.807, 2.05) is 24.3 Å². The molecule has 0 aliphatic rings. The first-order chi connectivity index (χ1) is 10.1. The van der Waals surface area contributed by atoms with E-state index in [2.05, 4.69) is 31.2 Å². The molecule has 3 N–H and O–H groups in total. The number of fused-ring (bicyclic) bond motifs is 1. The van der Waals surface area contributed by atoms with Gasteiger partial charge in [0, 0.05) is 23.5 Å². The van der Waals surface area contributed by atoms with E-state index in [-0.39, 0.29) is 11.6 Å². The number of rotatable bonds is 2. The number of aromatic nitrogens is 2. The molecule has 0 aliphatic carbocycles. The molecule has 104 valence electrons. The zero-order chi connectivity index (χ0) is 14.8. The minimum Gasteiger partial charge on any atom is -0.398 e. The van der Waals surface area contributed by atoms with Crippen molar-refractivity contribution in [3.8, 4) is 0 Å². The molecular weight excluding hydrogens is 332 g/mol. The SMILES string of the molecule is Nc1cc(C(=O)Nc2ccncc2Br)nc2ccccc12. The van der Waals surface area contributed by atoms with E-state index in [9.17, 15) is 4.79 Å². The maximum atomic E-state index is 12.3. The maximum absolute atomic E-state index is 12.3. The second kappa shape index (κ2) is 5.49. The third-order valence-corrected chi connectivity index (χ3v) is 3.63. The number of nitrogen functional groups attached to an aromatic ring is 1. The van der Waals surface area contributed by atoms with Crippen LogP contribution in [0.5, 0.6) is 0 Å². The smallest absolute Gasteiger partial charge is 0.274 e. The molecule has 1 aromatic carbocycles. The van der Waals surface area contributed by atoms with Crippen LogP contribution in [-0.2, 0) is 0 Å². The number of nitrogens with one attached hydrogen (secondary N) is 1. The van der Waals surface area contributed by atoms with Crippen molar-refractivity contribution in [3.63, 3.8) is 0 Å². The van der Waals surface area contributed by atoms with E-state index in [0.717, 1.165) is 5.39 Å². The van der Waals surface area contributed by atoms with Gasteiger partial charge in [-0.3, -0.25) is 9.78 Å². The largest absolute Gasteiger partial charge is 0.398 e. The highest BCUT2D eigenvalue weighted by Crippen LogP contribution is 2.23. The number of nitrogens with zero attached hydrogens (tertiary/aromatic N) is 2. The first kappa shape index (κ1) is 13.5. The van der Waals surface area contributed by atoms with Gasteiger partial charge in [-0.15, -0.1) is 0 Å². The highest BCUT2D eigenvalue weighted by atomic mass is 79.9. The van der Waals surface area contributed by atoms with E-state index in [1.165, 1.54) is 0 Å². The lowest BCUT2D eigenvalue weighted by molar-refractivity contribution is 0.102. The van der Waals surface area contributed by atoms with E-state index < -0.39 is 0 Å². The van der Waals surface area contributed by atoms with Gasteiger partial charge in [-0.2, -0.15) is 0 Å².